The smallest absolute Gasteiger partial charge is 0.227 e. The first-order valence-electron chi connectivity index (χ1n) is 11.6. The summed E-state index contributed by atoms with van der Waals surface area (Å²) in [7, 11) is 0. The SMILES string of the molecule is N#Cc1ccc(CC2CCN(c3nc4c(c(NC5CCOCC5)n3)[S+]([O-])CC4)CC2)cc1. The summed E-state index contributed by atoms with van der Waals surface area (Å²) in [5, 5.41) is 12.5. The van der Waals surface area contributed by atoms with Crippen LogP contribution in [0.25, 0.3) is 0 Å². The molecule has 3 aliphatic rings. The number of aryl methyl sites for hydroxylation is 1. The van der Waals surface area contributed by atoms with Crippen LogP contribution in [0, 0.1) is 17.2 Å². The molecule has 0 bridgehead atoms. The lowest BCUT2D eigenvalue weighted by Gasteiger charge is -2.32. The average molecular weight is 452 g/mol. The second-order valence-corrected chi connectivity index (χ2v) is 10.4. The highest BCUT2D eigenvalue weighted by Gasteiger charge is 2.34. The highest BCUT2D eigenvalue weighted by molar-refractivity contribution is 7.91. The minimum Gasteiger partial charge on any atom is -0.611 e. The minimum absolute atomic E-state index is 0.311. The van der Waals surface area contributed by atoms with E-state index in [2.05, 4.69) is 28.4 Å². The van der Waals surface area contributed by atoms with Gasteiger partial charge in [-0.2, -0.15) is 10.2 Å². The van der Waals surface area contributed by atoms with Crippen molar-refractivity contribution in [1.82, 2.24) is 9.97 Å². The van der Waals surface area contributed by atoms with Gasteiger partial charge in [0.25, 0.3) is 0 Å². The minimum atomic E-state index is -1.02. The van der Waals surface area contributed by atoms with Gasteiger partial charge in [0.1, 0.15) is 11.4 Å². The molecule has 0 amide bonds. The summed E-state index contributed by atoms with van der Waals surface area (Å²) in [6, 6.07) is 10.4. The summed E-state index contributed by atoms with van der Waals surface area (Å²) >= 11 is -1.02. The van der Waals surface area contributed by atoms with Gasteiger partial charge in [0.2, 0.25) is 10.8 Å². The molecular formula is C24H29N5O2S. The number of nitrogens with zero attached hydrogens (tertiary/aromatic N) is 4. The van der Waals surface area contributed by atoms with Crippen molar-refractivity contribution in [3.05, 3.63) is 41.1 Å². The third-order valence-electron chi connectivity index (χ3n) is 6.74. The molecule has 2 fully saturated rings. The molecule has 5 rings (SSSR count). The van der Waals surface area contributed by atoms with Crippen molar-refractivity contribution >= 4 is 22.9 Å². The summed E-state index contributed by atoms with van der Waals surface area (Å²) < 4.78 is 18.1. The van der Waals surface area contributed by atoms with Gasteiger partial charge in [0.05, 0.1) is 11.6 Å². The van der Waals surface area contributed by atoms with Crippen molar-refractivity contribution in [3.8, 4) is 6.07 Å². The van der Waals surface area contributed by atoms with Crippen molar-refractivity contribution in [2.75, 3.05) is 42.3 Å². The standard InChI is InChI=1S/C24H29N5O2S/c25-16-19-3-1-17(2-4-19)15-18-5-10-29(11-6-18)24-27-21-9-14-32(30)22(21)23(28-24)26-20-7-12-31-13-8-20/h1-4,18,20H,5-15H2,(H,26,27,28). The Hall–Kier alpha value is -2.34. The van der Waals surface area contributed by atoms with Gasteiger partial charge in [-0.3, -0.25) is 0 Å². The molecule has 1 N–H and O–H groups in total. The number of fused-ring (bicyclic) bond motifs is 1. The van der Waals surface area contributed by atoms with Crippen LogP contribution in [0.5, 0.6) is 0 Å². The van der Waals surface area contributed by atoms with E-state index >= 15 is 0 Å². The van der Waals surface area contributed by atoms with Crippen molar-refractivity contribution in [1.29, 1.82) is 5.26 Å². The van der Waals surface area contributed by atoms with Crippen molar-refractivity contribution in [2.24, 2.45) is 5.92 Å². The fourth-order valence-electron chi connectivity index (χ4n) is 4.84. The quantitative estimate of drug-likeness (QED) is 0.698. The van der Waals surface area contributed by atoms with E-state index in [0.717, 1.165) is 87.2 Å². The Bertz CT molecular complexity index is 979. The Labute approximate surface area is 192 Å². The number of rotatable bonds is 5. The first-order chi connectivity index (χ1) is 15.7. The zero-order chi connectivity index (χ0) is 21.9. The Kier molecular flexibility index (Phi) is 6.49. The Morgan fingerprint density at radius 1 is 1.12 bits per heavy atom. The lowest BCUT2D eigenvalue weighted by molar-refractivity contribution is 0.0903. The second kappa shape index (κ2) is 9.65. The normalized spacial score (nSPS) is 21.9. The molecule has 1 unspecified atom stereocenters. The first kappa shape index (κ1) is 21.5. The lowest BCUT2D eigenvalue weighted by atomic mass is 9.90. The first-order valence-corrected chi connectivity index (χ1v) is 12.9. The number of nitriles is 1. The monoisotopic (exact) mass is 451 g/mol. The molecule has 1 atom stereocenters. The van der Waals surface area contributed by atoms with Crippen LogP contribution in [0.4, 0.5) is 11.8 Å². The van der Waals surface area contributed by atoms with Crippen LogP contribution in [0.3, 0.4) is 0 Å². The van der Waals surface area contributed by atoms with Gasteiger partial charge < -0.3 is 19.5 Å². The van der Waals surface area contributed by atoms with Gasteiger partial charge >= 0.3 is 0 Å². The van der Waals surface area contributed by atoms with Crippen LogP contribution in [0.1, 0.15) is 42.5 Å². The molecule has 2 saturated heterocycles. The molecule has 168 valence electrons. The average Bonchev–Trinajstić information content (AvgIpc) is 3.21. The van der Waals surface area contributed by atoms with E-state index in [1.807, 2.05) is 12.1 Å². The number of hydrogen-bond donors (Lipinski definition) is 1. The third kappa shape index (κ3) is 4.70. The molecule has 1 aromatic carbocycles. The summed E-state index contributed by atoms with van der Waals surface area (Å²) in [4.78, 5) is 12.8. The van der Waals surface area contributed by atoms with Crippen LogP contribution in [0.15, 0.2) is 29.2 Å². The van der Waals surface area contributed by atoms with Crippen LogP contribution in [0.2, 0.25) is 0 Å². The van der Waals surface area contributed by atoms with Gasteiger partial charge in [0.15, 0.2) is 5.82 Å². The molecule has 0 aliphatic carbocycles. The number of hydrogen-bond acceptors (Lipinski definition) is 7. The van der Waals surface area contributed by atoms with E-state index in [0.29, 0.717) is 23.3 Å². The van der Waals surface area contributed by atoms with Crippen LogP contribution >= 0.6 is 0 Å². The topological polar surface area (TPSA) is 97.1 Å². The number of nitrogens with one attached hydrogen (secondary N) is 1. The number of benzene rings is 1. The molecule has 8 heteroatoms. The summed E-state index contributed by atoms with van der Waals surface area (Å²) in [6.07, 6.45) is 5.88. The molecular weight excluding hydrogens is 422 g/mol. The Balaban J connectivity index is 1.26. The zero-order valence-electron chi connectivity index (χ0n) is 18.3. The highest BCUT2D eigenvalue weighted by Crippen LogP contribution is 2.34. The molecule has 0 spiro atoms. The molecule has 3 aliphatic heterocycles. The van der Waals surface area contributed by atoms with Crippen LogP contribution in [-0.4, -0.2) is 52.6 Å². The van der Waals surface area contributed by atoms with Crippen molar-refractivity contribution in [3.63, 3.8) is 0 Å². The summed E-state index contributed by atoms with van der Waals surface area (Å²) in [6.45, 7) is 3.38. The van der Waals surface area contributed by atoms with Gasteiger partial charge in [0, 0.05) is 38.8 Å². The van der Waals surface area contributed by atoms with E-state index in [4.69, 9.17) is 20.0 Å². The number of anilines is 2. The predicted octanol–water partition coefficient (Wildman–Crippen LogP) is 3.06. The van der Waals surface area contributed by atoms with Crippen molar-refractivity contribution in [2.45, 2.75) is 49.5 Å². The molecule has 0 saturated carbocycles. The van der Waals surface area contributed by atoms with Crippen LogP contribution in [-0.2, 0) is 28.8 Å². The molecule has 0 radical (unpaired) electrons. The zero-order valence-corrected chi connectivity index (χ0v) is 19.1. The fraction of sp³-hybridized carbons (Fsp3) is 0.542. The maximum Gasteiger partial charge on any atom is 0.227 e. The molecule has 2 aromatic rings. The van der Waals surface area contributed by atoms with E-state index in [1.165, 1.54) is 5.56 Å². The van der Waals surface area contributed by atoms with E-state index in [9.17, 15) is 4.55 Å². The largest absolute Gasteiger partial charge is 0.611 e. The number of ether oxygens (including phenoxy) is 1. The molecule has 32 heavy (non-hydrogen) atoms. The maximum atomic E-state index is 12.6. The summed E-state index contributed by atoms with van der Waals surface area (Å²) in [5.41, 5.74) is 2.95. The Morgan fingerprint density at radius 2 is 1.88 bits per heavy atom. The molecule has 4 heterocycles. The number of piperidine rings is 1. The third-order valence-corrected chi connectivity index (χ3v) is 8.20. The molecule has 7 nitrogen and oxygen atoms in total. The van der Waals surface area contributed by atoms with Gasteiger partial charge in [-0.25, -0.2) is 4.98 Å². The van der Waals surface area contributed by atoms with E-state index in [1.54, 1.807) is 0 Å². The van der Waals surface area contributed by atoms with Crippen LogP contribution < -0.4 is 10.2 Å². The van der Waals surface area contributed by atoms with Gasteiger partial charge in [-0.15, -0.1) is 0 Å². The highest BCUT2D eigenvalue weighted by atomic mass is 32.2. The van der Waals surface area contributed by atoms with E-state index in [-0.39, 0.29) is 0 Å². The molecule has 1 aromatic heterocycles. The van der Waals surface area contributed by atoms with Gasteiger partial charge in [-0.05, 0) is 66.9 Å². The van der Waals surface area contributed by atoms with Gasteiger partial charge in [-0.1, -0.05) is 12.1 Å². The number of aromatic nitrogens is 2. The lowest BCUT2D eigenvalue weighted by Crippen LogP contribution is -2.36. The second-order valence-electron chi connectivity index (χ2n) is 8.92. The fourth-order valence-corrected chi connectivity index (χ4v) is 6.16. The van der Waals surface area contributed by atoms with Crippen molar-refractivity contribution < 1.29 is 9.29 Å². The Morgan fingerprint density at radius 3 is 2.59 bits per heavy atom. The van der Waals surface area contributed by atoms with E-state index < -0.39 is 11.2 Å². The predicted molar refractivity (Wildman–Crippen MR) is 124 cm³/mol. The summed E-state index contributed by atoms with van der Waals surface area (Å²) in [5.74, 6) is 2.81. The maximum absolute atomic E-state index is 12.6.